The summed E-state index contributed by atoms with van der Waals surface area (Å²) < 4.78 is 5.43. The molecule has 3 heteroatoms. The van der Waals surface area contributed by atoms with E-state index in [9.17, 15) is 0 Å². The molecule has 9 heavy (non-hydrogen) atoms. The first-order valence-corrected chi connectivity index (χ1v) is 4.74. The van der Waals surface area contributed by atoms with Crippen LogP contribution >= 0.6 is 0 Å². The fraction of sp³-hybridized carbons (Fsp3) is 1.00. The second-order valence-corrected chi connectivity index (χ2v) is 4.05. The Morgan fingerprint density at radius 1 is 1.78 bits per heavy atom. The van der Waals surface area contributed by atoms with E-state index in [0.717, 1.165) is 11.7 Å². The van der Waals surface area contributed by atoms with Crippen molar-refractivity contribution < 1.29 is 4.18 Å². The van der Waals surface area contributed by atoms with Crippen LogP contribution in [0.15, 0.2) is 0 Å². The molecule has 0 aromatic carbocycles. The van der Waals surface area contributed by atoms with Crippen LogP contribution in [-0.4, -0.2) is 18.4 Å². The van der Waals surface area contributed by atoms with E-state index in [1.807, 2.05) is 0 Å². The summed E-state index contributed by atoms with van der Waals surface area (Å²) in [5.41, 5.74) is 0. The summed E-state index contributed by atoms with van der Waals surface area (Å²) in [6.07, 6.45) is 1.69. The van der Waals surface area contributed by atoms with Crippen molar-refractivity contribution in [3.05, 3.63) is 0 Å². The van der Waals surface area contributed by atoms with Crippen LogP contribution in [0.1, 0.15) is 20.3 Å². The number of rotatable bonds is 1. The predicted octanol–water partition coefficient (Wildman–Crippen LogP) is 1.05. The zero-order valence-electron chi connectivity index (χ0n) is 5.96. The Bertz CT molecular complexity index is 160. The Kier molecular flexibility index (Phi) is 2.47. The van der Waals surface area contributed by atoms with Crippen molar-refractivity contribution in [1.29, 1.82) is 0 Å². The summed E-state index contributed by atoms with van der Waals surface area (Å²) in [7, 11) is -0.265. The summed E-state index contributed by atoms with van der Waals surface area (Å²) in [5, 5.41) is 0. The Labute approximate surface area is 59.8 Å². The minimum absolute atomic E-state index is 0.265. The number of hydrogen-bond acceptors (Lipinski definition) is 2. The molecule has 0 aromatic heterocycles. The van der Waals surface area contributed by atoms with Gasteiger partial charge in [0.15, 0.2) is 0 Å². The average Bonchev–Trinajstić information content (AvgIpc) is 2.47. The fourth-order valence-corrected chi connectivity index (χ4v) is 1.37. The molecule has 1 fully saturated rings. The quantitative estimate of drug-likeness (QED) is 0.393. The van der Waals surface area contributed by atoms with Crippen LogP contribution in [0.4, 0.5) is 0 Å². The molecule has 0 aliphatic heterocycles. The van der Waals surface area contributed by atoms with Crippen LogP contribution in [0.25, 0.3) is 0 Å². The standard InChI is InChI=1S/C6H12BOS/c1-3-9(7)8-6-4-5(6)2/h5-6H,3-4H2,1-2H3/q-1. The van der Waals surface area contributed by atoms with Crippen LogP contribution in [0.3, 0.4) is 0 Å². The molecule has 2 unspecified atom stereocenters. The van der Waals surface area contributed by atoms with E-state index in [4.69, 9.17) is 10.7 Å². The molecular weight excluding hydrogens is 131 g/mol. The number of hydrogen-bond donors (Lipinski definition) is 0. The van der Waals surface area contributed by atoms with Crippen molar-refractivity contribution in [3.63, 3.8) is 0 Å². The maximum absolute atomic E-state index is 5.58. The third-order valence-corrected chi connectivity index (χ3v) is 2.63. The van der Waals surface area contributed by atoms with Gasteiger partial charge in [0.25, 0.3) is 0 Å². The van der Waals surface area contributed by atoms with Crippen molar-refractivity contribution in [2.45, 2.75) is 26.4 Å². The van der Waals surface area contributed by atoms with Gasteiger partial charge in [-0.1, -0.05) is 0 Å². The third-order valence-electron chi connectivity index (χ3n) is 1.57. The van der Waals surface area contributed by atoms with Crippen molar-refractivity contribution in [2.75, 3.05) is 5.75 Å². The van der Waals surface area contributed by atoms with Gasteiger partial charge >= 0.3 is 59.2 Å². The SMILES string of the molecule is B#[S-](CC)OC1CC1C. The molecule has 1 saturated carbocycles. The first kappa shape index (κ1) is 7.48. The van der Waals surface area contributed by atoms with E-state index >= 15 is 0 Å². The average molecular weight is 143 g/mol. The van der Waals surface area contributed by atoms with Gasteiger partial charge in [-0.05, 0) is 0 Å². The van der Waals surface area contributed by atoms with E-state index in [-0.39, 0.29) is 10.4 Å². The molecule has 0 N–H and O–H groups in total. The van der Waals surface area contributed by atoms with Gasteiger partial charge in [0.2, 0.25) is 0 Å². The third kappa shape index (κ3) is 2.22. The predicted molar refractivity (Wildman–Crippen MR) is 42.3 cm³/mol. The molecule has 0 heterocycles. The monoisotopic (exact) mass is 143 g/mol. The first-order chi connectivity index (χ1) is 4.24. The molecule has 0 bridgehead atoms. The molecule has 2 atom stereocenters. The maximum atomic E-state index is 5.58. The van der Waals surface area contributed by atoms with E-state index in [1.54, 1.807) is 0 Å². The molecule has 0 spiro atoms. The molecule has 0 saturated heterocycles. The van der Waals surface area contributed by atoms with Crippen LogP contribution in [0.2, 0.25) is 0 Å². The van der Waals surface area contributed by atoms with Crippen LogP contribution in [-0.2, 0) is 14.6 Å². The van der Waals surface area contributed by atoms with E-state index in [2.05, 4.69) is 13.8 Å². The summed E-state index contributed by atoms with van der Waals surface area (Å²) in [5.74, 6) is 1.71. The van der Waals surface area contributed by atoms with Crippen molar-refractivity contribution in [1.82, 2.24) is 0 Å². The van der Waals surface area contributed by atoms with Crippen LogP contribution in [0, 0.1) is 5.92 Å². The van der Waals surface area contributed by atoms with Crippen LogP contribution < -0.4 is 0 Å². The molecule has 1 aliphatic carbocycles. The molecule has 1 rings (SSSR count). The van der Waals surface area contributed by atoms with Crippen LogP contribution in [0.5, 0.6) is 0 Å². The van der Waals surface area contributed by atoms with Crippen molar-refractivity contribution in [2.24, 2.45) is 5.92 Å². The van der Waals surface area contributed by atoms with Gasteiger partial charge in [0.1, 0.15) is 0 Å². The van der Waals surface area contributed by atoms with E-state index < -0.39 is 0 Å². The molecular formula is C6H12BOS-. The minimum atomic E-state index is -0.265. The van der Waals surface area contributed by atoms with E-state index in [0.29, 0.717) is 6.10 Å². The van der Waals surface area contributed by atoms with Gasteiger partial charge in [-0.15, -0.1) is 0 Å². The normalized spacial score (nSPS) is 33.4. The van der Waals surface area contributed by atoms with Crippen molar-refractivity contribution in [3.8, 4) is 0 Å². The zero-order chi connectivity index (χ0) is 6.85. The Balaban J connectivity index is 2.15. The molecule has 0 aromatic rings. The molecule has 1 aliphatic rings. The summed E-state index contributed by atoms with van der Waals surface area (Å²) >= 11 is 0. The van der Waals surface area contributed by atoms with Crippen molar-refractivity contribution >= 4 is 16.9 Å². The van der Waals surface area contributed by atoms with Gasteiger partial charge in [-0.2, -0.15) is 0 Å². The second kappa shape index (κ2) is 2.97. The van der Waals surface area contributed by atoms with Gasteiger partial charge in [-0.3, -0.25) is 0 Å². The van der Waals surface area contributed by atoms with Gasteiger partial charge in [0, 0.05) is 0 Å². The molecule has 1 nitrogen and oxygen atoms in total. The summed E-state index contributed by atoms with van der Waals surface area (Å²) in [6.45, 7) is 9.83. The fourth-order valence-electron chi connectivity index (χ4n) is 0.649. The summed E-state index contributed by atoms with van der Waals surface area (Å²) in [6, 6.07) is 0. The second-order valence-electron chi connectivity index (χ2n) is 2.52. The Hall–Kier alpha value is 0.375. The molecule has 0 radical (unpaired) electrons. The Morgan fingerprint density at radius 2 is 2.33 bits per heavy atom. The van der Waals surface area contributed by atoms with Gasteiger partial charge in [0.05, 0.1) is 0 Å². The van der Waals surface area contributed by atoms with Gasteiger partial charge < -0.3 is 0 Å². The first-order valence-electron chi connectivity index (χ1n) is 3.36. The molecule has 0 amide bonds. The van der Waals surface area contributed by atoms with E-state index in [1.165, 1.54) is 6.42 Å². The summed E-state index contributed by atoms with van der Waals surface area (Å²) in [4.78, 5) is 0. The zero-order valence-corrected chi connectivity index (χ0v) is 6.78. The topological polar surface area (TPSA) is 9.23 Å². The molecule has 52 valence electrons. The van der Waals surface area contributed by atoms with Gasteiger partial charge in [-0.25, -0.2) is 0 Å². The Morgan fingerprint density at radius 3 is 2.67 bits per heavy atom.